The molecule has 4 heteroatoms. The van der Waals surface area contributed by atoms with Crippen LogP contribution in [0.3, 0.4) is 0 Å². The number of anilines is 2. The van der Waals surface area contributed by atoms with E-state index >= 15 is 0 Å². The summed E-state index contributed by atoms with van der Waals surface area (Å²) in [6.07, 6.45) is 0.894. The summed E-state index contributed by atoms with van der Waals surface area (Å²) in [5.41, 5.74) is 12.1. The van der Waals surface area contributed by atoms with E-state index < -0.39 is 0 Å². The quantitative estimate of drug-likeness (QED) is 0.682. The van der Waals surface area contributed by atoms with Gasteiger partial charge in [-0.05, 0) is 18.4 Å². The SMILES string of the molecule is CC(C)Cc1cc(N)nnc1N. The molecule has 0 aliphatic carbocycles. The topological polar surface area (TPSA) is 77.8 Å². The normalized spacial score (nSPS) is 10.6. The fourth-order valence-corrected chi connectivity index (χ4v) is 1.06. The first kappa shape index (κ1) is 8.77. The van der Waals surface area contributed by atoms with E-state index in [-0.39, 0.29) is 0 Å². The molecule has 1 aromatic heterocycles. The van der Waals surface area contributed by atoms with Crippen molar-refractivity contribution in [3.05, 3.63) is 11.6 Å². The van der Waals surface area contributed by atoms with E-state index in [0.717, 1.165) is 12.0 Å². The fourth-order valence-electron chi connectivity index (χ4n) is 1.06. The first-order valence-electron chi connectivity index (χ1n) is 3.97. The van der Waals surface area contributed by atoms with Gasteiger partial charge in [-0.3, -0.25) is 0 Å². The van der Waals surface area contributed by atoms with Crippen LogP contribution in [0.15, 0.2) is 6.07 Å². The predicted octanol–water partition coefficient (Wildman–Crippen LogP) is 0.840. The average molecular weight is 166 g/mol. The second kappa shape index (κ2) is 3.38. The lowest BCUT2D eigenvalue weighted by molar-refractivity contribution is 0.646. The molecule has 0 unspecified atom stereocenters. The van der Waals surface area contributed by atoms with Gasteiger partial charge in [-0.1, -0.05) is 13.8 Å². The minimum Gasteiger partial charge on any atom is -0.382 e. The van der Waals surface area contributed by atoms with Crippen molar-refractivity contribution in [1.29, 1.82) is 0 Å². The Morgan fingerprint density at radius 1 is 1.33 bits per heavy atom. The summed E-state index contributed by atoms with van der Waals surface area (Å²) >= 11 is 0. The molecule has 0 radical (unpaired) electrons. The Bertz CT molecular complexity index is 270. The highest BCUT2D eigenvalue weighted by molar-refractivity contribution is 5.44. The van der Waals surface area contributed by atoms with Crippen molar-refractivity contribution in [1.82, 2.24) is 10.2 Å². The molecule has 0 aromatic carbocycles. The molecular formula is C8H14N4. The zero-order chi connectivity index (χ0) is 9.14. The highest BCUT2D eigenvalue weighted by Gasteiger charge is 2.04. The molecule has 0 aliphatic rings. The Balaban J connectivity index is 2.90. The molecule has 0 bridgehead atoms. The monoisotopic (exact) mass is 166 g/mol. The first-order chi connectivity index (χ1) is 5.59. The molecule has 0 aliphatic heterocycles. The lowest BCUT2D eigenvalue weighted by atomic mass is 10.0. The third-order valence-corrected chi connectivity index (χ3v) is 1.55. The van der Waals surface area contributed by atoms with Crippen LogP contribution in [0.4, 0.5) is 11.6 Å². The number of nitrogen functional groups attached to an aromatic ring is 2. The molecule has 0 amide bonds. The number of rotatable bonds is 2. The molecule has 0 spiro atoms. The van der Waals surface area contributed by atoms with Gasteiger partial charge >= 0.3 is 0 Å². The van der Waals surface area contributed by atoms with Crippen molar-refractivity contribution in [3.63, 3.8) is 0 Å². The van der Waals surface area contributed by atoms with Gasteiger partial charge in [-0.15, -0.1) is 10.2 Å². The van der Waals surface area contributed by atoms with Crippen LogP contribution < -0.4 is 11.5 Å². The minimum absolute atomic E-state index is 0.430. The molecule has 0 fully saturated rings. The molecule has 4 N–H and O–H groups in total. The number of aromatic nitrogens is 2. The van der Waals surface area contributed by atoms with Crippen LogP contribution in [0.25, 0.3) is 0 Å². The Morgan fingerprint density at radius 3 is 2.58 bits per heavy atom. The summed E-state index contributed by atoms with van der Waals surface area (Å²) in [5.74, 6) is 1.47. The number of hydrogen-bond donors (Lipinski definition) is 2. The molecule has 0 saturated heterocycles. The number of nitrogens with two attached hydrogens (primary N) is 2. The lowest BCUT2D eigenvalue weighted by Gasteiger charge is -2.06. The summed E-state index contributed by atoms with van der Waals surface area (Å²) in [6, 6.07) is 1.78. The maximum Gasteiger partial charge on any atom is 0.149 e. The summed E-state index contributed by atoms with van der Waals surface area (Å²) in [7, 11) is 0. The van der Waals surface area contributed by atoms with Crippen molar-refractivity contribution in [2.75, 3.05) is 11.5 Å². The standard InChI is InChI=1S/C8H14N4/c1-5(2)3-6-4-7(9)11-12-8(6)10/h4-5H,3H2,1-2H3,(H2,9,11)(H2,10,12). The van der Waals surface area contributed by atoms with E-state index in [0.29, 0.717) is 17.6 Å². The van der Waals surface area contributed by atoms with Crippen molar-refractivity contribution in [2.45, 2.75) is 20.3 Å². The Hall–Kier alpha value is -1.32. The zero-order valence-corrected chi connectivity index (χ0v) is 7.41. The Labute approximate surface area is 72.0 Å². The van der Waals surface area contributed by atoms with Gasteiger partial charge in [0.1, 0.15) is 11.6 Å². The molecule has 1 rings (SSSR count). The smallest absolute Gasteiger partial charge is 0.149 e. The third-order valence-electron chi connectivity index (χ3n) is 1.55. The van der Waals surface area contributed by atoms with Crippen LogP contribution in [-0.2, 0) is 6.42 Å². The average Bonchev–Trinajstić information content (AvgIpc) is 1.96. The van der Waals surface area contributed by atoms with E-state index in [2.05, 4.69) is 24.0 Å². The van der Waals surface area contributed by atoms with Crippen LogP contribution >= 0.6 is 0 Å². The summed E-state index contributed by atoms with van der Waals surface area (Å²) in [4.78, 5) is 0. The maximum atomic E-state index is 5.61. The van der Waals surface area contributed by atoms with Crippen molar-refractivity contribution in [2.24, 2.45) is 5.92 Å². The third kappa shape index (κ3) is 2.08. The van der Waals surface area contributed by atoms with Crippen molar-refractivity contribution < 1.29 is 0 Å². The number of nitrogens with zero attached hydrogens (tertiary/aromatic N) is 2. The van der Waals surface area contributed by atoms with Gasteiger partial charge in [-0.25, -0.2) is 0 Å². The van der Waals surface area contributed by atoms with Crippen LogP contribution in [0.1, 0.15) is 19.4 Å². The van der Waals surface area contributed by atoms with Crippen LogP contribution in [0.2, 0.25) is 0 Å². The van der Waals surface area contributed by atoms with Gasteiger partial charge in [0.05, 0.1) is 0 Å². The van der Waals surface area contributed by atoms with Gasteiger partial charge in [0.15, 0.2) is 0 Å². The van der Waals surface area contributed by atoms with E-state index in [1.165, 1.54) is 0 Å². The van der Waals surface area contributed by atoms with Crippen molar-refractivity contribution >= 4 is 11.6 Å². The highest BCUT2D eigenvalue weighted by Crippen LogP contribution is 2.14. The minimum atomic E-state index is 0.430. The first-order valence-corrected chi connectivity index (χ1v) is 3.97. The van der Waals surface area contributed by atoms with E-state index in [4.69, 9.17) is 11.5 Å². The van der Waals surface area contributed by atoms with Gasteiger partial charge in [0.2, 0.25) is 0 Å². The molecule has 4 nitrogen and oxygen atoms in total. The fraction of sp³-hybridized carbons (Fsp3) is 0.500. The molecule has 1 aromatic rings. The van der Waals surface area contributed by atoms with Crippen LogP contribution in [0, 0.1) is 5.92 Å². The van der Waals surface area contributed by atoms with Gasteiger partial charge in [0.25, 0.3) is 0 Å². The predicted molar refractivity (Wildman–Crippen MR) is 49.4 cm³/mol. The molecule has 66 valence electrons. The second-order valence-corrected chi connectivity index (χ2v) is 3.28. The van der Waals surface area contributed by atoms with Crippen molar-refractivity contribution in [3.8, 4) is 0 Å². The van der Waals surface area contributed by atoms with Gasteiger partial charge in [0, 0.05) is 5.56 Å². The van der Waals surface area contributed by atoms with Gasteiger partial charge in [-0.2, -0.15) is 0 Å². The molecule has 1 heterocycles. The molecular weight excluding hydrogens is 152 g/mol. The van der Waals surface area contributed by atoms with E-state index in [9.17, 15) is 0 Å². The zero-order valence-electron chi connectivity index (χ0n) is 7.41. The van der Waals surface area contributed by atoms with E-state index in [1.807, 2.05) is 0 Å². The second-order valence-electron chi connectivity index (χ2n) is 3.28. The maximum absolute atomic E-state index is 5.61. The van der Waals surface area contributed by atoms with Crippen LogP contribution in [-0.4, -0.2) is 10.2 Å². The van der Waals surface area contributed by atoms with Gasteiger partial charge < -0.3 is 11.5 Å². The Morgan fingerprint density at radius 2 is 2.00 bits per heavy atom. The number of hydrogen-bond acceptors (Lipinski definition) is 4. The van der Waals surface area contributed by atoms with E-state index in [1.54, 1.807) is 6.07 Å². The largest absolute Gasteiger partial charge is 0.382 e. The summed E-state index contributed by atoms with van der Waals surface area (Å²) in [6.45, 7) is 4.24. The molecule has 0 atom stereocenters. The molecule has 0 saturated carbocycles. The summed E-state index contributed by atoms with van der Waals surface area (Å²) in [5, 5.41) is 7.38. The Kier molecular flexibility index (Phi) is 2.47. The highest BCUT2D eigenvalue weighted by atomic mass is 15.2. The van der Waals surface area contributed by atoms with Crippen LogP contribution in [0.5, 0.6) is 0 Å². The molecule has 12 heavy (non-hydrogen) atoms. The lowest BCUT2D eigenvalue weighted by Crippen LogP contribution is -2.05. The summed E-state index contributed by atoms with van der Waals surface area (Å²) < 4.78 is 0.